The molecule has 1 aromatic carbocycles. The number of benzene rings is 1. The molecule has 0 spiro atoms. The van der Waals surface area contributed by atoms with Crippen LogP contribution in [0.15, 0.2) is 24.3 Å². The molecule has 106 valence electrons. The molecule has 1 aliphatic carbocycles. The zero-order chi connectivity index (χ0) is 14.3. The van der Waals surface area contributed by atoms with Crippen molar-refractivity contribution >= 4 is 0 Å². The monoisotopic (exact) mass is 261 g/mol. The maximum absolute atomic E-state index is 5.62. The molecular weight excluding hydrogens is 234 g/mol. The first kappa shape index (κ1) is 14.4. The van der Waals surface area contributed by atoms with E-state index in [0.29, 0.717) is 29.4 Å². The van der Waals surface area contributed by atoms with Gasteiger partial charge in [-0.15, -0.1) is 0 Å². The second kappa shape index (κ2) is 4.82. The van der Waals surface area contributed by atoms with Crippen molar-refractivity contribution in [1.82, 2.24) is 5.32 Å². The lowest BCUT2D eigenvalue weighted by atomic mass is 9.96. The summed E-state index contributed by atoms with van der Waals surface area (Å²) in [6.45, 7) is 12.2. The molecule has 1 N–H and O–H groups in total. The van der Waals surface area contributed by atoms with Gasteiger partial charge in [0.05, 0.1) is 6.61 Å². The molecule has 0 aliphatic heterocycles. The van der Waals surface area contributed by atoms with E-state index in [4.69, 9.17) is 4.74 Å². The van der Waals surface area contributed by atoms with Gasteiger partial charge in [0.25, 0.3) is 0 Å². The molecule has 0 aromatic heterocycles. The Kier molecular flexibility index (Phi) is 3.65. The van der Waals surface area contributed by atoms with Gasteiger partial charge < -0.3 is 10.1 Å². The van der Waals surface area contributed by atoms with Crippen LogP contribution in [0.5, 0.6) is 5.75 Å². The molecule has 0 radical (unpaired) electrons. The van der Waals surface area contributed by atoms with E-state index in [9.17, 15) is 0 Å². The smallest absolute Gasteiger partial charge is 0.119 e. The quantitative estimate of drug-likeness (QED) is 0.864. The number of hydrogen-bond acceptors (Lipinski definition) is 2. The van der Waals surface area contributed by atoms with E-state index >= 15 is 0 Å². The second-order valence-corrected chi connectivity index (χ2v) is 6.69. The van der Waals surface area contributed by atoms with Crippen molar-refractivity contribution in [2.75, 3.05) is 13.7 Å². The molecule has 1 aliphatic rings. The fourth-order valence-electron chi connectivity index (χ4n) is 3.57. The van der Waals surface area contributed by atoms with E-state index in [2.05, 4.69) is 58.3 Å². The van der Waals surface area contributed by atoms with E-state index in [1.165, 1.54) is 5.56 Å². The minimum absolute atomic E-state index is 0.377. The van der Waals surface area contributed by atoms with Crippen LogP contribution in [-0.2, 0) is 0 Å². The van der Waals surface area contributed by atoms with Gasteiger partial charge in [-0.25, -0.2) is 0 Å². The first-order chi connectivity index (χ1) is 8.86. The molecule has 2 heteroatoms. The summed E-state index contributed by atoms with van der Waals surface area (Å²) in [5.74, 6) is 1.62. The fourth-order valence-corrected chi connectivity index (χ4v) is 3.57. The molecular formula is C17H27NO. The highest BCUT2D eigenvalue weighted by Crippen LogP contribution is 2.72. The Labute approximate surface area is 117 Å². The average molecular weight is 261 g/mol. The van der Waals surface area contributed by atoms with Crippen molar-refractivity contribution in [1.29, 1.82) is 0 Å². The summed E-state index contributed by atoms with van der Waals surface area (Å²) in [7, 11) is 2.06. The van der Waals surface area contributed by atoms with E-state index in [-0.39, 0.29) is 0 Å². The van der Waals surface area contributed by atoms with Gasteiger partial charge in [0.15, 0.2) is 0 Å². The van der Waals surface area contributed by atoms with Crippen molar-refractivity contribution < 1.29 is 4.74 Å². The zero-order valence-electron chi connectivity index (χ0n) is 13.1. The predicted octanol–water partition coefficient (Wildman–Crippen LogP) is 4.03. The minimum Gasteiger partial charge on any atom is -0.494 e. The highest BCUT2D eigenvalue weighted by atomic mass is 16.5. The largest absolute Gasteiger partial charge is 0.494 e. The van der Waals surface area contributed by atoms with Crippen LogP contribution in [0.2, 0.25) is 0 Å². The number of ether oxygens (including phenoxy) is 1. The molecule has 19 heavy (non-hydrogen) atoms. The van der Waals surface area contributed by atoms with Crippen molar-refractivity contribution in [2.45, 2.75) is 40.7 Å². The summed E-state index contributed by atoms with van der Waals surface area (Å²) < 4.78 is 5.62. The lowest BCUT2D eigenvalue weighted by molar-refractivity contribution is 0.338. The molecule has 1 aromatic rings. The van der Waals surface area contributed by atoms with Gasteiger partial charge in [-0.05, 0) is 48.4 Å². The highest BCUT2D eigenvalue weighted by Gasteiger charge is 2.67. The summed E-state index contributed by atoms with van der Waals surface area (Å²) in [4.78, 5) is 0. The van der Waals surface area contributed by atoms with Crippen molar-refractivity contribution in [3.63, 3.8) is 0 Å². The molecule has 1 atom stereocenters. The van der Waals surface area contributed by atoms with E-state index in [1.54, 1.807) is 0 Å². The van der Waals surface area contributed by atoms with E-state index < -0.39 is 0 Å². The molecule has 0 amide bonds. The molecule has 1 saturated carbocycles. The molecule has 0 heterocycles. The summed E-state index contributed by atoms with van der Waals surface area (Å²) in [5, 5.41) is 3.51. The summed E-state index contributed by atoms with van der Waals surface area (Å²) >= 11 is 0. The summed E-state index contributed by atoms with van der Waals surface area (Å²) in [5.41, 5.74) is 2.09. The third-order valence-electron chi connectivity index (χ3n) is 5.30. The maximum atomic E-state index is 5.62. The molecule has 2 rings (SSSR count). The molecule has 0 bridgehead atoms. The van der Waals surface area contributed by atoms with Gasteiger partial charge in [0.1, 0.15) is 5.75 Å². The normalized spacial score (nSPS) is 22.0. The van der Waals surface area contributed by atoms with Crippen LogP contribution >= 0.6 is 0 Å². The van der Waals surface area contributed by atoms with Crippen LogP contribution < -0.4 is 10.1 Å². The first-order valence-corrected chi connectivity index (χ1v) is 7.26. The minimum atomic E-state index is 0.377. The lowest BCUT2D eigenvalue weighted by Gasteiger charge is -2.20. The summed E-state index contributed by atoms with van der Waals surface area (Å²) in [6.07, 6.45) is 0. The number of nitrogens with one attached hydrogen (secondary N) is 1. The molecule has 0 saturated heterocycles. The van der Waals surface area contributed by atoms with Gasteiger partial charge in [-0.3, -0.25) is 0 Å². The van der Waals surface area contributed by atoms with Gasteiger partial charge in [0.2, 0.25) is 0 Å². The van der Waals surface area contributed by atoms with Gasteiger partial charge in [-0.1, -0.05) is 39.8 Å². The lowest BCUT2D eigenvalue weighted by Crippen LogP contribution is -2.21. The van der Waals surface area contributed by atoms with Gasteiger partial charge in [0, 0.05) is 6.04 Å². The van der Waals surface area contributed by atoms with E-state index in [0.717, 1.165) is 5.75 Å². The van der Waals surface area contributed by atoms with Crippen LogP contribution in [0.4, 0.5) is 0 Å². The Hall–Kier alpha value is -1.02. The third-order valence-corrected chi connectivity index (χ3v) is 5.30. The number of hydrogen-bond donors (Lipinski definition) is 1. The van der Waals surface area contributed by atoms with Gasteiger partial charge in [-0.2, -0.15) is 0 Å². The Morgan fingerprint density at radius 3 is 2.32 bits per heavy atom. The van der Waals surface area contributed by atoms with Crippen LogP contribution in [-0.4, -0.2) is 13.7 Å². The van der Waals surface area contributed by atoms with Crippen molar-refractivity contribution in [2.24, 2.45) is 16.7 Å². The average Bonchev–Trinajstić information content (AvgIpc) is 2.74. The maximum Gasteiger partial charge on any atom is 0.119 e. The fraction of sp³-hybridized carbons (Fsp3) is 0.647. The standard InChI is InChI=1S/C17H27NO/c1-7-19-13-10-8-9-12(11-13)14(18-6)15-16(2,3)17(15,4)5/h8-11,14-15,18H,7H2,1-6H3. The van der Waals surface area contributed by atoms with Crippen LogP contribution in [0.25, 0.3) is 0 Å². The van der Waals surface area contributed by atoms with Crippen LogP contribution in [0, 0.1) is 16.7 Å². The Balaban J connectivity index is 2.26. The number of rotatable bonds is 5. The molecule has 1 fully saturated rings. The van der Waals surface area contributed by atoms with Crippen LogP contribution in [0.3, 0.4) is 0 Å². The van der Waals surface area contributed by atoms with Crippen LogP contribution in [0.1, 0.15) is 46.2 Å². The third kappa shape index (κ3) is 2.27. The Bertz CT molecular complexity index is 436. The SMILES string of the molecule is CCOc1cccc(C(NC)C2C(C)(C)C2(C)C)c1. The van der Waals surface area contributed by atoms with Crippen molar-refractivity contribution in [3.05, 3.63) is 29.8 Å². The van der Waals surface area contributed by atoms with Crippen molar-refractivity contribution in [3.8, 4) is 5.75 Å². The Morgan fingerprint density at radius 2 is 1.84 bits per heavy atom. The predicted molar refractivity (Wildman–Crippen MR) is 80.5 cm³/mol. The second-order valence-electron chi connectivity index (χ2n) is 6.69. The Morgan fingerprint density at radius 1 is 1.21 bits per heavy atom. The molecule has 1 unspecified atom stereocenters. The zero-order valence-corrected chi connectivity index (χ0v) is 13.1. The topological polar surface area (TPSA) is 21.3 Å². The summed E-state index contributed by atoms with van der Waals surface area (Å²) in [6, 6.07) is 8.89. The highest BCUT2D eigenvalue weighted by molar-refractivity contribution is 5.34. The van der Waals surface area contributed by atoms with E-state index in [1.807, 2.05) is 13.0 Å². The molecule has 2 nitrogen and oxygen atoms in total. The van der Waals surface area contributed by atoms with Gasteiger partial charge >= 0.3 is 0 Å². The first-order valence-electron chi connectivity index (χ1n) is 7.26.